The van der Waals surface area contributed by atoms with Gasteiger partial charge < -0.3 is 16.0 Å². The van der Waals surface area contributed by atoms with Crippen molar-refractivity contribution in [2.75, 3.05) is 31.2 Å². The molecule has 1 aromatic heterocycles. The van der Waals surface area contributed by atoms with E-state index in [-0.39, 0.29) is 0 Å². The smallest absolute Gasteiger partial charge is 0.224 e. The first kappa shape index (κ1) is 9.21. The van der Waals surface area contributed by atoms with Crippen molar-refractivity contribution >= 4 is 11.8 Å². The van der Waals surface area contributed by atoms with Crippen LogP contribution in [0.4, 0.5) is 11.8 Å². The molecule has 0 amide bonds. The van der Waals surface area contributed by atoms with Gasteiger partial charge in [-0.1, -0.05) is 0 Å². The number of anilines is 2. The highest BCUT2D eigenvalue weighted by Crippen LogP contribution is 2.11. The van der Waals surface area contributed by atoms with Gasteiger partial charge in [-0.05, 0) is 26.1 Å². The van der Waals surface area contributed by atoms with Crippen LogP contribution in [0.1, 0.15) is 6.42 Å². The fourth-order valence-corrected chi connectivity index (χ4v) is 1.68. The van der Waals surface area contributed by atoms with Crippen LogP contribution >= 0.6 is 0 Å². The SMILES string of the molecule is CN1CCC(Nc2nccc(N)n2)C1. The van der Waals surface area contributed by atoms with Crippen LogP contribution < -0.4 is 11.1 Å². The van der Waals surface area contributed by atoms with E-state index >= 15 is 0 Å². The Kier molecular flexibility index (Phi) is 2.49. The Bertz CT molecular complexity index is 314. The molecule has 1 unspecified atom stereocenters. The summed E-state index contributed by atoms with van der Waals surface area (Å²) in [7, 11) is 2.11. The molecule has 5 heteroatoms. The number of likely N-dealkylation sites (tertiary alicyclic amines) is 1. The molecule has 2 heterocycles. The van der Waals surface area contributed by atoms with Crippen molar-refractivity contribution in [1.82, 2.24) is 14.9 Å². The van der Waals surface area contributed by atoms with Gasteiger partial charge in [-0.3, -0.25) is 0 Å². The third kappa shape index (κ3) is 2.11. The molecule has 0 bridgehead atoms. The van der Waals surface area contributed by atoms with Gasteiger partial charge in [0.15, 0.2) is 0 Å². The number of aromatic nitrogens is 2. The Hall–Kier alpha value is -1.36. The Morgan fingerprint density at radius 1 is 1.64 bits per heavy atom. The molecule has 2 rings (SSSR count). The van der Waals surface area contributed by atoms with Gasteiger partial charge in [-0.25, -0.2) is 4.98 Å². The van der Waals surface area contributed by atoms with E-state index in [2.05, 4.69) is 27.2 Å². The number of likely N-dealkylation sites (N-methyl/N-ethyl adjacent to an activating group) is 1. The van der Waals surface area contributed by atoms with Crippen LogP contribution in [0.2, 0.25) is 0 Å². The molecule has 1 aliphatic rings. The zero-order valence-electron chi connectivity index (χ0n) is 8.27. The van der Waals surface area contributed by atoms with Crippen molar-refractivity contribution in [2.45, 2.75) is 12.5 Å². The lowest BCUT2D eigenvalue weighted by Gasteiger charge is -2.12. The minimum Gasteiger partial charge on any atom is -0.384 e. The highest BCUT2D eigenvalue weighted by Gasteiger charge is 2.19. The monoisotopic (exact) mass is 193 g/mol. The number of nitrogens with zero attached hydrogens (tertiary/aromatic N) is 3. The number of nitrogen functional groups attached to an aromatic ring is 1. The summed E-state index contributed by atoms with van der Waals surface area (Å²) >= 11 is 0. The van der Waals surface area contributed by atoms with Crippen LogP contribution in [0.25, 0.3) is 0 Å². The highest BCUT2D eigenvalue weighted by atomic mass is 15.2. The summed E-state index contributed by atoms with van der Waals surface area (Å²) in [5, 5.41) is 3.27. The van der Waals surface area contributed by atoms with Crippen molar-refractivity contribution in [1.29, 1.82) is 0 Å². The fourth-order valence-electron chi connectivity index (χ4n) is 1.68. The third-order valence-electron chi connectivity index (χ3n) is 2.40. The highest BCUT2D eigenvalue weighted by molar-refractivity contribution is 5.35. The molecule has 1 aliphatic heterocycles. The first-order valence-corrected chi connectivity index (χ1v) is 4.77. The van der Waals surface area contributed by atoms with Crippen LogP contribution in [-0.4, -0.2) is 41.0 Å². The molecular weight excluding hydrogens is 178 g/mol. The van der Waals surface area contributed by atoms with Crippen molar-refractivity contribution < 1.29 is 0 Å². The van der Waals surface area contributed by atoms with E-state index in [1.54, 1.807) is 12.3 Å². The molecule has 14 heavy (non-hydrogen) atoms. The van der Waals surface area contributed by atoms with Crippen molar-refractivity contribution in [3.8, 4) is 0 Å². The van der Waals surface area contributed by atoms with Gasteiger partial charge in [-0.2, -0.15) is 4.98 Å². The first-order chi connectivity index (χ1) is 6.74. The van der Waals surface area contributed by atoms with E-state index in [0.717, 1.165) is 19.5 Å². The summed E-state index contributed by atoms with van der Waals surface area (Å²) in [6.45, 7) is 2.16. The average molecular weight is 193 g/mol. The van der Waals surface area contributed by atoms with Crippen LogP contribution in [0.3, 0.4) is 0 Å². The molecule has 5 nitrogen and oxygen atoms in total. The number of nitrogens with one attached hydrogen (secondary N) is 1. The largest absolute Gasteiger partial charge is 0.384 e. The summed E-state index contributed by atoms with van der Waals surface area (Å²) in [5.74, 6) is 1.14. The number of hydrogen-bond acceptors (Lipinski definition) is 5. The minimum atomic E-state index is 0.446. The van der Waals surface area contributed by atoms with E-state index in [1.807, 2.05) is 0 Å². The standard InChI is InChI=1S/C9H15N5/c1-14-5-3-7(6-14)12-9-11-4-2-8(10)13-9/h2,4,7H,3,5-6H2,1H3,(H3,10,11,12,13). The lowest BCUT2D eigenvalue weighted by molar-refractivity contribution is 0.414. The second-order valence-corrected chi connectivity index (χ2v) is 3.70. The molecule has 76 valence electrons. The lowest BCUT2D eigenvalue weighted by atomic mass is 10.3. The second-order valence-electron chi connectivity index (χ2n) is 3.70. The summed E-state index contributed by atoms with van der Waals surface area (Å²) in [6.07, 6.45) is 2.80. The molecule has 3 N–H and O–H groups in total. The van der Waals surface area contributed by atoms with Crippen LogP contribution in [0.15, 0.2) is 12.3 Å². The predicted octanol–water partition coefficient (Wildman–Crippen LogP) is 0.175. The summed E-state index contributed by atoms with van der Waals surface area (Å²) < 4.78 is 0. The Morgan fingerprint density at radius 2 is 2.50 bits per heavy atom. The van der Waals surface area contributed by atoms with Crippen LogP contribution in [0, 0.1) is 0 Å². The molecule has 0 spiro atoms. The molecule has 1 fully saturated rings. The summed E-state index contributed by atoms with van der Waals surface area (Å²) in [4.78, 5) is 10.5. The van der Waals surface area contributed by atoms with Gasteiger partial charge in [0.1, 0.15) is 5.82 Å². The van der Waals surface area contributed by atoms with Crippen molar-refractivity contribution in [3.63, 3.8) is 0 Å². The number of nitrogens with two attached hydrogens (primary N) is 1. The fraction of sp³-hybridized carbons (Fsp3) is 0.556. The maximum absolute atomic E-state index is 5.56. The van der Waals surface area contributed by atoms with Gasteiger partial charge in [0.05, 0.1) is 0 Å². The quantitative estimate of drug-likeness (QED) is 0.701. The molecule has 0 radical (unpaired) electrons. The lowest BCUT2D eigenvalue weighted by Crippen LogP contribution is -2.24. The van der Waals surface area contributed by atoms with Gasteiger partial charge in [0.2, 0.25) is 5.95 Å². The Morgan fingerprint density at radius 3 is 3.14 bits per heavy atom. The Balaban J connectivity index is 1.97. The van der Waals surface area contributed by atoms with Crippen molar-refractivity contribution in [3.05, 3.63) is 12.3 Å². The van der Waals surface area contributed by atoms with E-state index in [1.165, 1.54) is 0 Å². The predicted molar refractivity (Wildman–Crippen MR) is 56.0 cm³/mol. The van der Waals surface area contributed by atoms with E-state index in [0.29, 0.717) is 17.8 Å². The zero-order valence-corrected chi connectivity index (χ0v) is 8.27. The minimum absolute atomic E-state index is 0.446. The van der Waals surface area contributed by atoms with Crippen molar-refractivity contribution in [2.24, 2.45) is 0 Å². The van der Waals surface area contributed by atoms with Gasteiger partial charge in [0, 0.05) is 18.8 Å². The molecule has 0 aliphatic carbocycles. The second kappa shape index (κ2) is 3.79. The van der Waals surface area contributed by atoms with E-state index < -0.39 is 0 Å². The first-order valence-electron chi connectivity index (χ1n) is 4.77. The number of rotatable bonds is 2. The molecule has 1 aromatic rings. The molecule has 0 saturated carbocycles. The molecule has 1 atom stereocenters. The summed E-state index contributed by atoms with van der Waals surface area (Å²) in [5.41, 5.74) is 5.56. The normalized spacial score (nSPS) is 22.5. The average Bonchev–Trinajstić information content (AvgIpc) is 2.51. The maximum atomic E-state index is 5.56. The molecule has 0 aromatic carbocycles. The molecule has 1 saturated heterocycles. The number of hydrogen-bond donors (Lipinski definition) is 2. The van der Waals surface area contributed by atoms with Crippen LogP contribution in [0.5, 0.6) is 0 Å². The van der Waals surface area contributed by atoms with Crippen LogP contribution in [-0.2, 0) is 0 Å². The van der Waals surface area contributed by atoms with E-state index in [9.17, 15) is 0 Å². The summed E-state index contributed by atoms with van der Waals surface area (Å²) in [6, 6.07) is 2.13. The zero-order chi connectivity index (χ0) is 9.97. The Labute approximate surface area is 83.3 Å². The van der Waals surface area contributed by atoms with Gasteiger partial charge >= 0.3 is 0 Å². The van der Waals surface area contributed by atoms with Gasteiger partial charge in [-0.15, -0.1) is 0 Å². The van der Waals surface area contributed by atoms with Gasteiger partial charge in [0.25, 0.3) is 0 Å². The third-order valence-corrected chi connectivity index (χ3v) is 2.40. The maximum Gasteiger partial charge on any atom is 0.224 e. The topological polar surface area (TPSA) is 67.1 Å². The van der Waals surface area contributed by atoms with E-state index in [4.69, 9.17) is 5.73 Å². The molecular formula is C9H15N5.